The fraction of sp³-hybridized carbons (Fsp3) is 0.750. The summed E-state index contributed by atoms with van der Waals surface area (Å²) in [5.41, 5.74) is 0. The molecule has 14 heavy (non-hydrogen) atoms. The van der Waals surface area contributed by atoms with Crippen molar-refractivity contribution in [2.45, 2.75) is 25.7 Å². The largest absolute Gasteiger partial charge is 0.481 e. The van der Waals surface area contributed by atoms with Crippen molar-refractivity contribution in [2.24, 2.45) is 29.6 Å². The molecule has 2 saturated carbocycles. The number of hydrogen-bond acceptors (Lipinski definition) is 1. The van der Waals surface area contributed by atoms with Gasteiger partial charge in [-0.25, -0.2) is 0 Å². The Balaban J connectivity index is 1.79. The summed E-state index contributed by atoms with van der Waals surface area (Å²) in [6, 6.07) is 0. The minimum atomic E-state index is -0.609. The van der Waals surface area contributed by atoms with E-state index in [9.17, 15) is 4.79 Å². The van der Waals surface area contributed by atoms with E-state index in [1.807, 2.05) is 0 Å². The summed E-state index contributed by atoms with van der Waals surface area (Å²) in [7, 11) is 0. The molecular formula is C12H16O2. The van der Waals surface area contributed by atoms with Crippen LogP contribution in [-0.4, -0.2) is 11.1 Å². The summed E-state index contributed by atoms with van der Waals surface area (Å²) in [5.74, 6) is 2.91. The molecule has 2 fully saturated rings. The average molecular weight is 192 g/mol. The first-order chi connectivity index (χ1) is 6.75. The Hall–Kier alpha value is -0.790. The summed E-state index contributed by atoms with van der Waals surface area (Å²) in [4.78, 5) is 10.7. The summed E-state index contributed by atoms with van der Waals surface area (Å²) >= 11 is 0. The molecule has 2 heteroatoms. The topological polar surface area (TPSA) is 37.3 Å². The minimum Gasteiger partial charge on any atom is -0.481 e. The van der Waals surface area contributed by atoms with Crippen LogP contribution in [-0.2, 0) is 4.79 Å². The molecule has 0 aromatic heterocycles. The van der Waals surface area contributed by atoms with Gasteiger partial charge in [0, 0.05) is 6.42 Å². The molecule has 0 spiro atoms. The Morgan fingerprint density at radius 1 is 1.29 bits per heavy atom. The van der Waals surface area contributed by atoms with Gasteiger partial charge in [0.25, 0.3) is 0 Å². The van der Waals surface area contributed by atoms with E-state index in [1.165, 1.54) is 12.8 Å². The second kappa shape index (κ2) is 2.85. The second-order valence-corrected chi connectivity index (χ2v) is 5.12. The monoisotopic (exact) mass is 192 g/mol. The van der Waals surface area contributed by atoms with E-state index >= 15 is 0 Å². The normalized spacial score (nSPS) is 48.4. The van der Waals surface area contributed by atoms with Crippen molar-refractivity contribution in [1.82, 2.24) is 0 Å². The molecule has 1 N–H and O–H groups in total. The van der Waals surface area contributed by atoms with E-state index in [1.54, 1.807) is 0 Å². The Morgan fingerprint density at radius 2 is 2.07 bits per heavy atom. The van der Waals surface area contributed by atoms with Crippen molar-refractivity contribution >= 4 is 5.97 Å². The van der Waals surface area contributed by atoms with Gasteiger partial charge in [-0.15, -0.1) is 0 Å². The number of aliphatic carboxylic acids is 1. The summed E-state index contributed by atoms with van der Waals surface area (Å²) in [6.07, 6.45) is 8.84. The molecule has 5 atom stereocenters. The van der Waals surface area contributed by atoms with Crippen LogP contribution in [0.4, 0.5) is 0 Å². The number of carboxylic acids is 1. The van der Waals surface area contributed by atoms with Gasteiger partial charge in [0.1, 0.15) is 0 Å². The fourth-order valence-corrected chi connectivity index (χ4v) is 4.13. The van der Waals surface area contributed by atoms with Crippen molar-refractivity contribution in [1.29, 1.82) is 0 Å². The van der Waals surface area contributed by atoms with Crippen molar-refractivity contribution in [3.8, 4) is 0 Å². The Labute approximate surface area is 84.0 Å². The van der Waals surface area contributed by atoms with E-state index in [-0.39, 0.29) is 0 Å². The van der Waals surface area contributed by atoms with Crippen molar-refractivity contribution in [2.75, 3.05) is 0 Å². The van der Waals surface area contributed by atoms with E-state index in [0.29, 0.717) is 18.3 Å². The molecule has 0 aliphatic heterocycles. The Kier molecular flexibility index (Phi) is 1.73. The van der Waals surface area contributed by atoms with Crippen LogP contribution in [0.25, 0.3) is 0 Å². The lowest BCUT2D eigenvalue weighted by atomic mass is 9.80. The molecule has 2 bridgehead atoms. The lowest BCUT2D eigenvalue weighted by Gasteiger charge is -2.24. The van der Waals surface area contributed by atoms with Gasteiger partial charge in [-0.2, -0.15) is 0 Å². The van der Waals surface area contributed by atoms with Crippen molar-refractivity contribution in [3.05, 3.63) is 12.2 Å². The van der Waals surface area contributed by atoms with Gasteiger partial charge in [-0.05, 0) is 48.9 Å². The van der Waals surface area contributed by atoms with E-state index in [4.69, 9.17) is 5.11 Å². The van der Waals surface area contributed by atoms with Gasteiger partial charge in [-0.1, -0.05) is 12.2 Å². The molecule has 3 aliphatic rings. The number of allylic oxidation sites excluding steroid dienone is 2. The molecule has 0 amide bonds. The lowest BCUT2D eigenvalue weighted by Crippen LogP contribution is -2.21. The quantitative estimate of drug-likeness (QED) is 0.682. The molecule has 0 heterocycles. The maximum atomic E-state index is 10.7. The first-order valence-corrected chi connectivity index (χ1v) is 5.66. The van der Waals surface area contributed by atoms with Crippen LogP contribution in [0, 0.1) is 29.6 Å². The van der Waals surface area contributed by atoms with Crippen LogP contribution >= 0.6 is 0 Å². The van der Waals surface area contributed by atoms with Gasteiger partial charge in [0.2, 0.25) is 0 Å². The third-order valence-electron chi connectivity index (χ3n) is 4.54. The Morgan fingerprint density at radius 3 is 2.86 bits per heavy atom. The zero-order chi connectivity index (χ0) is 9.71. The van der Waals surface area contributed by atoms with Gasteiger partial charge >= 0.3 is 5.97 Å². The second-order valence-electron chi connectivity index (χ2n) is 5.12. The lowest BCUT2D eigenvalue weighted by molar-refractivity contribution is -0.138. The van der Waals surface area contributed by atoms with Gasteiger partial charge in [0.15, 0.2) is 0 Å². The highest BCUT2D eigenvalue weighted by Crippen LogP contribution is 2.58. The third-order valence-corrected chi connectivity index (χ3v) is 4.54. The predicted molar refractivity (Wildman–Crippen MR) is 52.7 cm³/mol. The van der Waals surface area contributed by atoms with Gasteiger partial charge in [0.05, 0.1) is 0 Å². The van der Waals surface area contributed by atoms with Crippen LogP contribution in [0.15, 0.2) is 12.2 Å². The number of carboxylic acid groups (broad SMARTS) is 1. The van der Waals surface area contributed by atoms with Crippen molar-refractivity contribution in [3.63, 3.8) is 0 Å². The highest BCUT2D eigenvalue weighted by molar-refractivity contribution is 5.67. The number of carbonyl (C=O) groups is 1. The zero-order valence-corrected chi connectivity index (χ0v) is 8.23. The van der Waals surface area contributed by atoms with Crippen LogP contribution < -0.4 is 0 Å². The first-order valence-electron chi connectivity index (χ1n) is 5.66. The molecule has 76 valence electrons. The minimum absolute atomic E-state index is 0.401. The van der Waals surface area contributed by atoms with Gasteiger partial charge in [-0.3, -0.25) is 4.79 Å². The number of fused-ring (bicyclic) bond motifs is 5. The molecule has 2 nitrogen and oxygen atoms in total. The SMILES string of the molecule is O=C(O)CC1CCC2C3C=CC(C3)C12. The molecule has 0 saturated heterocycles. The van der Waals surface area contributed by atoms with Crippen LogP contribution in [0.5, 0.6) is 0 Å². The average Bonchev–Trinajstić information content (AvgIpc) is 2.74. The number of rotatable bonds is 2. The summed E-state index contributed by atoms with van der Waals surface area (Å²) in [5, 5.41) is 8.85. The summed E-state index contributed by atoms with van der Waals surface area (Å²) in [6.45, 7) is 0. The highest BCUT2D eigenvalue weighted by atomic mass is 16.4. The standard InChI is InChI=1S/C12H16O2/c13-11(14)6-9-3-4-10-7-1-2-8(5-7)12(9)10/h1-2,7-10,12H,3-6H2,(H,13,14). The van der Waals surface area contributed by atoms with Crippen LogP contribution in [0.2, 0.25) is 0 Å². The molecule has 0 radical (unpaired) electrons. The van der Waals surface area contributed by atoms with Crippen LogP contribution in [0.1, 0.15) is 25.7 Å². The first kappa shape index (κ1) is 8.51. The molecule has 5 unspecified atom stereocenters. The van der Waals surface area contributed by atoms with Crippen molar-refractivity contribution < 1.29 is 9.90 Å². The fourth-order valence-electron chi connectivity index (χ4n) is 4.13. The van der Waals surface area contributed by atoms with Crippen LogP contribution in [0.3, 0.4) is 0 Å². The predicted octanol–water partition coefficient (Wildman–Crippen LogP) is 2.31. The summed E-state index contributed by atoms with van der Waals surface area (Å²) < 4.78 is 0. The molecular weight excluding hydrogens is 176 g/mol. The van der Waals surface area contributed by atoms with E-state index < -0.39 is 5.97 Å². The molecule has 0 aromatic rings. The third kappa shape index (κ3) is 1.06. The van der Waals surface area contributed by atoms with E-state index in [0.717, 1.165) is 24.2 Å². The maximum Gasteiger partial charge on any atom is 0.303 e. The Bertz CT molecular complexity index is 295. The molecule has 0 aromatic carbocycles. The zero-order valence-electron chi connectivity index (χ0n) is 8.23. The molecule has 3 aliphatic carbocycles. The molecule has 3 rings (SSSR count). The van der Waals surface area contributed by atoms with E-state index in [2.05, 4.69) is 12.2 Å². The highest BCUT2D eigenvalue weighted by Gasteiger charge is 2.51. The smallest absolute Gasteiger partial charge is 0.303 e. The number of hydrogen-bond donors (Lipinski definition) is 1. The maximum absolute atomic E-state index is 10.7. The van der Waals surface area contributed by atoms with Gasteiger partial charge < -0.3 is 5.11 Å².